The van der Waals surface area contributed by atoms with Crippen LogP contribution >= 0.6 is 34.7 Å². The van der Waals surface area contributed by atoms with E-state index in [1.165, 1.54) is 29.2 Å². The minimum Gasteiger partial charge on any atom is -0.308 e. The number of urea groups is 1. The third-order valence-electron chi connectivity index (χ3n) is 3.04. The smallest absolute Gasteiger partial charge is 0.308 e. The Hall–Kier alpha value is -2.16. The minimum atomic E-state index is -0.427. The molecule has 0 aliphatic rings. The normalized spacial score (nSPS) is 10.5. The first-order valence-electron chi connectivity index (χ1n) is 7.13. The summed E-state index contributed by atoms with van der Waals surface area (Å²) in [6, 6.07) is 12.9. The van der Waals surface area contributed by atoms with E-state index in [-0.39, 0.29) is 5.82 Å². The van der Waals surface area contributed by atoms with Crippen molar-refractivity contribution < 1.29 is 9.18 Å². The first-order valence-corrected chi connectivity index (χ1v) is 9.31. The number of amides is 2. The standard InChI is InChI=1S/C16H12ClFN4OS2/c17-11-5-7-12(8-6-11)19-14(23)20-15-21-22-16(25-15)24-9-10-3-1-2-4-13(10)18/h1-8H,9H2,(H2,19,20,21,23). The number of carbonyl (C=O) groups excluding carboxylic acids is 1. The summed E-state index contributed by atoms with van der Waals surface area (Å²) in [5.74, 6) is 0.193. The van der Waals surface area contributed by atoms with Gasteiger partial charge in [0.25, 0.3) is 0 Å². The highest BCUT2D eigenvalue weighted by Gasteiger charge is 2.10. The van der Waals surface area contributed by atoms with Gasteiger partial charge in [0.15, 0.2) is 4.34 Å². The van der Waals surface area contributed by atoms with E-state index in [1.54, 1.807) is 42.5 Å². The van der Waals surface area contributed by atoms with Gasteiger partial charge in [-0.15, -0.1) is 10.2 Å². The summed E-state index contributed by atoms with van der Waals surface area (Å²) in [6.07, 6.45) is 0. The van der Waals surface area contributed by atoms with E-state index in [2.05, 4.69) is 20.8 Å². The number of benzene rings is 2. The quantitative estimate of drug-likeness (QED) is 0.457. The van der Waals surface area contributed by atoms with Crippen LogP contribution in [0.2, 0.25) is 5.02 Å². The molecule has 0 saturated carbocycles. The number of hydrogen-bond acceptors (Lipinski definition) is 5. The van der Waals surface area contributed by atoms with Gasteiger partial charge < -0.3 is 5.32 Å². The van der Waals surface area contributed by atoms with Gasteiger partial charge in [0.05, 0.1) is 0 Å². The van der Waals surface area contributed by atoms with Crippen molar-refractivity contribution in [3.63, 3.8) is 0 Å². The molecule has 5 nitrogen and oxygen atoms in total. The lowest BCUT2D eigenvalue weighted by molar-refractivity contribution is 0.262. The molecular formula is C16H12ClFN4OS2. The molecular weight excluding hydrogens is 383 g/mol. The molecule has 2 N–H and O–H groups in total. The van der Waals surface area contributed by atoms with E-state index in [4.69, 9.17) is 11.6 Å². The van der Waals surface area contributed by atoms with Crippen LogP contribution in [-0.2, 0) is 5.75 Å². The maximum atomic E-state index is 13.6. The number of rotatable bonds is 5. The lowest BCUT2D eigenvalue weighted by Crippen LogP contribution is -2.19. The van der Waals surface area contributed by atoms with Gasteiger partial charge >= 0.3 is 6.03 Å². The molecule has 3 aromatic rings. The fraction of sp³-hybridized carbons (Fsp3) is 0.0625. The van der Waals surface area contributed by atoms with Gasteiger partial charge in [-0.3, -0.25) is 5.32 Å². The summed E-state index contributed by atoms with van der Waals surface area (Å²) in [5.41, 5.74) is 1.21. The summed E-state index contributed by atoms with van der Waals surface area (Å²) in [5, 5.41) is 14.1. The van der Waals surface area contributed by atoms with E-state index in [0.717, 1.165) is 0 Å². The Balaban J connectivity index is 1.53. The second-order valence-electron chi connectivity index (χ2n) is 4.84. The number of nitrogens with zero attached hydrogens (tertiary/aromatic N) is 2. The zero-order valence-electron chi connectivity index (χ0n) is 12.7. The number of thioether (sulfide) groups is 1. The average Bonchev–Trinajstić information content (AvgIpc) is 3.03. The van der Waals surface area contributed by atoms with Crippen molar-refractivity contribution >= 4 is 51.5 Å². The SMILES string of the molecule is O=C(Nc1ccc(Cl)cc1)Nc1nnc(SCc2ccccc2F)s1. The average molecular weight is 395 g/mol. The number of hydrogen-bond donors (Lipinski definition) is 2. The van der Waals surface area contributed by atoms with Crippen LogP contribution in [0.15, 0.2) is 52.9 Å². The highest BCUT2D eigenvalue weighted by Crippen LogP contribution is 2.29. The number of aromatic nitrogens is 2. The van der Waals surface area contributed by atoms with E-state index in [9.17, 15) is 9.18 Å². The Kier molecular flexibility index (Phi) is 5.85. The zero-order valence-corrected chi connectivity index (χ0v) is 15.1. The van der Waals surface area contributed by atoms with Crippen LogP contribution in [0.25, 0.3) is 0 Å². The first kappa shape index (κ1) is 17.7. The summed E-state index contributed by atoms with van der Waals surface area (Å²) in [7, 11) is 0. The van der Waals surface area contributed by atoms with E-state index in [1.807, 2.05) is 0 Å². The van der Waals surface area contributed by atoms with Crippen LogP contribution < -0.4 is 10.6 Å². The fourth-order valence-corrected chi connectivity index (χ4v) is 3.73. The van der Waals surface area contributed by atoms with Crippen molar-refractivity contribution in [3.8, 4) is 0 Å². The highest BCUT2D eigenvalue weighted by molar-refractivity contribution is 8.00. The number of carbonyl (C=O) groups is 1. The van der Waals surface area contributed by atoms with Gasteiger partial charge in [0.1, 0.15) is 5.82 Å². The lowest BCUT2D eigenvalue weighted by Gasteiger charge is -2.04. The Morgan fingerprint density at radius 2 is 1.88 bits per heavy atom. The molecule has 9 heteroatoms. The first-order chi connectivity index (χ1) is 12.1. The number of halogens is 2. The van der Waals surface area contributed by atoms with Crippen molar-refractivity contribution in [2.45, 2.75) is 10.1 Å². The topological polar surface area (TPSA) is 66.9 Å². The molecule has 0 unspecified atom stereocenters. The van der Waals surface area contributed by atoms with Crippen LogP contribution in [0.5, 0.6) is 0 Å². The molecule has 0 bridgehead atoms. The van der Waals surface area contributed by atoms with Gasteiger partial charge in [-0.05, 0) is 35.9 Å². The van der Waals surface area contributed by atoms with Gasteiger partial charge in [-0.25, -0.2) is 9.18 Å². The number of anilines is 2. The Morgan fingerprint density at radius 1 is 1.12 bits per heavy atom. The molecule has 2 aromatic carbocycles. The molecule has 0 radical (unpaired) electrons. The van der Waals surface area contributed by atoms with Crippen LogP contribution in [0.4, 0.5) is 20.0 Å². The zero-order chi connectivity index (χ0) is 17.6. The van der Waals surface area contributed by atoms with E-state index < -0.39 is 6.03 Å². The molecule has 0 saturated heterocycles. The number of nitrogens with one attached hydrogen (secondary N) is 2. The third kappa shape index (κ3) is 5.15. The molecule has 2 amide bonds. The molecule has 3 rings (SSSR count). The molecule has 25 heavy (non-hydrogen) atoms. The maximum Gasteiger partial charge on any atom is 0.325 e. The van der Waals surface area contributed by atoms with Crippen molar-refractivity contribution in [1.82, 2.24) is 10.2 Å². The van der Waals surface area contributed by atoms with E-state index in [0.29, 0.717) is 31.5 Å². The van der Waals surface area contributed by atoms with Crippen LogP contribution in [0.1, 0.15) is 5.56 Å². The van der Waals surface area contributed by atoms with Crippen molar-refractivity contribution in [2.75, 3.05) is 10.6 Å². The third-order valence-corrected chi connectivity index (χ3v) is 5.31. The fourth-order valence-electron chi connectivity index (χ4n) is 1.87. The highest BCUT2D eigenvalue weighted by atomic mass is 35.5. The summed E-state index contributed by atoms with van der Waals surface area (Å²) >= 11 is 8.38. The maximum absolute atomic E-state index is 13.6. The second kappa shape index (κ2) is 8.28. The summed E-state index contributed by atoms with van der Waals surface area (Å²) in [4.78, 5) is 11.9. The summed E-state index contributed by atoms with van der Waals surface area (Å²) in [6.45, 7) is 0. The van der Waals surface area contributed by atoms with Crippen LogP contribution in [-0.4, -0.2) is 16.2 Å². The van der Waals surface area contributed by atoms with Crippen molar-refractivity contribution in [3.05, 3.63) is 64.9 Å². The molecule has 128 valence electrons. The monoisotopic (exact) mass is 394 g/mol. The molecule has 0 spiro atoms. The lowest BCUT2D eigenvalue weighted by atomic mass is 10.2. The Labute approximate surface area is 156 Å². The second-order valence-corrected chi connectivity index (χ2v) is 7.48. The predicted octanol–water partition coefficient (Wildman–Crippen LogP) is 5.27. The van der Waals surface area contributed by atoms with Gasteiger partial charge in [0, 0.05) is 16.5 Å². The Morgan fingerprint density at radius 3 is 2.64 bits per heavy atom. The predicted molar refractivity (Wildman–Crippen MR) is 100.0 cm³/mol. The van der Waals surface area contributed by atoms with E-state index >= 15 is 0 Å². The minimum absolute atomic E-state index is 0.250. The van der Waals surface area contributed by atoms with Gasteiger partial charge in [0.2, 0.25) is 5.13 Å². The largest absolute Gasteiger partial charge is 0.325 e. The molecule has 1 aromatic heterocycles. The Bertz CT molecular complexity index is 873. The molecule has 0 fully saturated rings. The van der Waals surface area contributed by atoms with Gasteiger partial charge in [-0.1, -0.05) is 52.9 Å². The van der Waals surface area contributed by atoms with Crippen molar-refractivity contribution in [1.29, 1.82) is 0 Å². The van der Waals surface area contributed by atoms with Gasteiger partial charge in [-0.2, -0.15) is 0 Å². The molecule has 1 heterocycles. The molecule has 0 aliphatic heterocycles. The molecule has 0 aliphatic carbocycles. The van der Waals surface area contributed by atoms with Crippen LogP contribution in [0.3, 0.4) is 0 Å². The van der Waals surface area contributed by atoms with Crippen LogP contribution in [0, 0.1) is 5.82 Å². The van der Waals surface area contributed by atoms with Crippen molar-refractivity contribution in [2.24, 2.45) is 0 Å². The summed E-state index contributed by atoms with van der Waals surface area (Å²) < 4.78 is 14.2. The molecule has 0 atom stereocenters.